The van der Waals surface area contributed by atoms with Crippen molar-refractivity contribution in [3.63, 3.8) is 0 Å². The molecular formula is C16H13Cl2F3N2OS. The Balaban J connectivity index is 1.84. The molecule has 2 amide bonds. The highest BCUT2D eigenvalue weighted by Crippen LogP contribution is 2.37. The Morgan fingerprint density at radius 3 is 2.52 bits per heavy atom. The Morgan fingerprint density at radius 1 is 1.08 bits per heavy atom. The number of rotatable bonds is 5. The average molecular weight is 409 g/mol. The Hall–Kier alpha value is -1.57. The lowest BCUT2D eigenvalue weighted by molar-refractivity contribution is -0.0328. The maximum absolute atomic E-state index is 12.4. The molecule has 0 aliphatic rings. The molecule has 134 valence electrons. The predicted molar refractivity (Wildman–Crippen MR) is 95.5 cm³/mol. The zero-order chi connectivity index (χ0) is 18.4. The van der Waals surface area contributed by atoms with Gasteiger partial charge in [0.25, 0.3) is 0 Å². The van der Waals surface area contributed by atoms with E-state index in [0.717, 1.165) is 5.56 Å². The Labute approximate surface area is 156 Å². The second-order valence-electron chi connectivity index (χ2n) is 4.95. The third-order valence-electron chi connectivity index (χ3n) is 3.01. The molecule has 0 heterocycles. The van der Waals surface area contributed by atoms with Gasteiger partial charge in [-0.05, 0) is 54.1 Å². The maximum Gasteiger partial charge on any atom is 0.446 e. The summed E-state index contributed by atoms with van der Waals surface area (Å²) in [5.41, 5.74) is -3.19. The lowest BCUT2D eigenvalue weighted by Gasteiger charge is -2.10. The van der Waals surface area contributed by atoms with Crippen LogP contribution in [0.4, 0.5) is 23.7 Å². The number of benzene rings is 2. The highest BCUT2D eigenvalue weighted by atomic mass is 35.5. The van der Waals surface area contributed by atoms with E-state index >= 15 is 0 Å². The van der Waals surface area contributed by atoms with Gasteiger partial charge in [-0.15, -0.1) is 0 Å². The summed E-state index contributed by atoms with van der Waals surface area (Å²) >= 11 is 11.5. The molecule has 2 N–H and O–H groups in total. The van der Waals surface area contributed by atoms with Crippen molar-refractivity contribution in [2.24, 2.45) is 0 Å². The van der Waals surface area contributed by atoms with Gasteiger partial charge in [-0.25, -0.2) is 4.79 Å². The molecule has 9 heteroatoms. The molecule has 0 atom stereocenters. The van der Waals surface area contributed by atoms with Crippen molar-refractivity contribution in [1.29, 1.82) is 0 Å². The minimum Gasteiger partial charge on any atom is -0.338 e. The number of nitrogens with one attached hydrogen (secondary N) is 2. The van der Waals surface area contributed by atoms with Gasteiger partial charge in [0.1, 0.15) is 0 Å². The molecule has 0 aliphatic carbocycles. The van der Waals surface area contributed by atoms with Crippen LogP contribution in [0.25, 0.3) is 0 Å². The lowest BCUT2D eigenvalue weighted by atomic mass is 10.1. The number of hydrogen-bond donors (Lipinski definition) is 2. The molecule has 0 spiro atoms. The van der Waals surface area contributed by atoms with Crippen LogP contribution in [-0.2, 0) is 6.42 Å². The third kappa shape index (κ3) is 7.05. The number of anilines is 1. The smallest absolute Gasteiger partial charge is 0.338 e. The molecule has 2 rings (SSSR count). The first kappa shape index (κ1) is 19.8. The zero-order valence-corrected chi connectivity index (χ0v) is 15.0. The minimum absolute atomic E-state index is 0.00102. The van der Waals surface area contributed by atoms with E-state index in [-0.39, 0.29) is 22.3 Å². The average Bonchev–Trinajstić information content (AvgIpc) is 2.49. The first-order chi connectivity index (χ1) is 11.7. The SMILES string of the molecule is O=C(NCCc1ccc(Cl)c(Cl)c1)Nc1cccc(SC(F)(F)F)c1. The monoisotopic (exact) mass is 408 g/mol. The first-order valence-corrected chi connectivity index (χ1v) is 8.65. The molecule has 0 bridgehead atoms. The van der Waals surface area contributed by atoms with Crippen molar-refractivity contribution in [2.75, 3.05) is 11.9 Å². The molecule has 2 aromatic rings. The summed E-state index contributed by atoms with van der Waals surface area (Å²) in [6.45, 7) is 0.334. The van der Waals surface area contributed by atoms with Crippen molar-refractivity contribution in [3.8, 4) is 0 Å². The molecular weight excluding hydrogens is 396 g/mol. The second kappa shape index (κ2) is 8.69. The number of thioether (sulfide) groups is 1. The highest BCUT2D eigenvalue weighted by Gasteiger charge is 2.29. The van der Waals surface area contributed by atoms with Crippen LogP contribution in [-0.4, -0.2) is 18.1 Å². The fourth-order valence-electron chi connectivity index (χ4n) is 1.96. The zero-order valence-electron chi connectivity index (χ0n) is 12.7. The van der Waals surface area contributed by atoms with Crippen molar-refractivity contribution < 1.29 is 18.0 Å². The molecule has 0 fully saturated rings. The number of amides is 2. The number of halogens is 5. The Kier molecular flexibility index (Phi) is 6.87. The summed E-state index contributed by atoms with van der Waals surface area (Å²) in [6.07, 6.45) is 0.536. The molecule has 25 heavy (non-hydrogen) atoms. The first-order valence-electron chi connectivity index (χ1n) is 7.07. The quantitative estimate of drug-likeness (QED) is 0.598. The van der Waals surface area contributed by atoms with Crippen molar-refractivity contribution in [1.82, 2.24) is 5.32 Å². The summed E-state index contributed by atoms with van der Waals surface area (Å²) in [6, 6.07) is 10.2. The second-order valence-corrected chi connectivity index (χ2v) is 6.91. The van der Waals surface area contributed by atoms with E-state index in [4.69, 9.17) is 23.2 Å². The number of carbonyl (C=O) groups excluding carboxylic acids is 1. The van der Waals surface area contributed by atoms with E-state index in [1.54, 1.807) is 18.2 Å². The Bertz CT molecular complexity index is 756. The molecule has 2 aromatic carbocycles. The fourth-order valence-corrected chi connectivity index (χ4v) is 2.88. The fraction of sp³-hybridized carbons (Fsp3) is 0.188. The summed E-state index contributed by atoms with van der Waals surface area (Å²) in [4.78, 5) is 11.8. The van der Waals surface area contributed by atoms with E-state index in [1.165, 1.54) is 24.3 Å². The topological polar surface area (TPSA) is 41.1 Å². The number of urea groups is 1. The van der Waals surface area contributed by atoms with Crippen LogP contribution < -0.4 is 10.6 Å². The largest absolute Gasteiger partial charge is 0.446 e. The predicted octanol–water partition coefficient (Wildman–Crippen LogP) is 5.97. The van der Waals surface area contributed by atoms with Crippen LogP contribution in [0, 0.1) is 0 Å². The van der Waals surface area contributed by atoms with Gasteiger partial charge in [0, 0.05) is 17.1 Å². The number of alkyl halides is 3. The van der Waals surface area contributed by atoms with Gasteiger partial charge in [0.15, 0.2) is 0 Å². The summed E-state index contributed by atoms with van der Waals surface area (Å²) in [5, 5.41) is 6.01. The van der Waals surface area contributed by atoms with Gasteiger partial charge in [0.2, 0.25) is 0 Å². The normalized spacial score (nSPS) is 11.2. The van der Waals surface area contributed by atoms with Gasteiger partial charge in [-0.3, -0.25) is 0 Å². The number of hydrogen-bond acceptors (Lipinski definition) is 2. The standard InChI is InChI=1S/C16H13Cl2F3N2OS/c17-13-5-4-10(8-14(13)18)6-7-22-15(24)23-11-2-1-3-12(9-11)25-16(19,20)21/h1-5,8-9H,6-7H2,(H2,22,23,24). The van der Waals surface area contributed by atoms with Crippen LogP contribution in [0.3, 0.4) is 0 Å². The highest BCUT2D eigenvalue weighted by molar-refractivity contribution is 8.00. The summed E-state index contributed by atoms with van der Waals surface area (Å²) < 4.78 is 37.1. The van der Waals surface area contributed by atoms with Crippen LogP contribution in [0.1, 0.15) is 5.56 Å². The maximum atomic E-state index is 12.4. The van der Waals surface area contributed by atoms with Crippen LogP contribution in [0.2, 0.25) is 10.0 Å². The molecule has 3 nitrogen and oxygen atoms in total. The van der Waals surface area contributed by atoms with Gasteiger partial charge >= 0.3 is 11.5 Å². The van der Waals surface area contributed by atoms with Crippen molar-refractivity contribution >= 4 is 46.7 Å². The van der Waals surface area contributed by atoms with E-state index < -0.39 is 11.5 Å². The summed E-state index contributed by atoms with van der Waals surface area (Å²) in [5.74, 6) is 0. The minimum atomic E-state index is -4.37. The van der Waals surface area contributed by atoms with E-state index in [9.17, 15) is 18.0 Å². The van der Waals surface area contributed by atoms with E-state index in [1.807, 2.05) is 0 Å². The van der Waals surface area contributed by atoms with Crippen LogP contribution in [0.5, 0.6) is 0 Å². The van der Waals surface area contributed by atoms with Crippen LogP contribution in [0.15, 0.2) is 47.4 Å². The summed E-state index contributed by atoms with van der Waals surface area (Å²) in [7, 11) is 0. The molecule has 0 aromatic heterocycles. The number of carbonyl (C=O) groups is 1. The molecule has 0 aliphatic heterocycles. The third-order valence-corrected chi connectivity index (χ3v) is 4.47. The van der Waals surface area contributed by atoms with Crippen molar-refractivity contribution in [3.05, 3.63) is 58.1 Å². The lowest BCUT2D eigenvalue weighted by Crippen LogP contribution is -2.30. The van der Waals surface area contributed by atoms with Gasteiger partial charge in [-0.1, -0.05) is 35.3 Å². The van der Waals surface area contributed by atoms with Gasteiger partial charge in [-0.2, -0.15) is 13.2 Å². The van der Waals surface area contributed by atoms with E-state index in [2.05, 4.69) is 10.6 Å². The molecule has 0 saturated carbocycles. The van der Waals surface area contributed by atoms with E-state index in [0.29, 0.717) is 23.0 Å². The molecule has 0 unspecified atom stereocenters. The Morgan fingerprint density at radius 2 is 1.84 bits per heavy atom. The molecule has 0 radical (unpaired) electrons. The van der Waals surface area contributed by atoms with Gasteiger partial charge in [0.05, 0.1) is 10.0 Å². The van der Waals surface area contributed by atoms with Gasteiger partial charge < -0.3 is 10.6 Å². The van der Waals surface area contributed by atoms with Crippen LogP contribution >= 0.6 is 35.0 Å². The van der Waals surface area contributed by atoms with Crippen molar-refractivity contribution in [2.45, 2.75) is 16.8 Å². The molecule has 0 saturated heterocycles.